The third kappa shape index (κ3) is 3.50. The van der Waals surface area contributed by atoms with Crippen molar-refractivity contribution >= 4 is 33.0 Å². The van der Waals surface area contributed by atoms with Gasteiger partial charge in [0.2, 0.25) is 0 Å². The van der Waals surface area contributed by atoms with Gasteiger partial charge in [0.25, 0.3) is 0 Å². The molecule has 1 unspecified atom stereocenters. The van der Waals surface area contributed by atoms with Crippen molar-refractivity contribution in [2.24, 2.45) is 0 Å². The summed E-state index contributed by atoms with van der Waals surface area (Å²) in [5, 5.41) is 3.73. The number of nitrogens with one attached hydrogen (secondary N) is 1. The Morgan fingerprint density at radius 2 is 2.05 bits per heavy atom. The van der Waals surface area contributed by atoms with Crippen LogP contribution >= 0.6 is 27.3 Å². The SMILES string of the molecule is CN(C)c1ccc(CNC2CCCc3sc(Br)cc32)cc1. The van der Waals surface area contributed by atoms with Crippen molar-refractivity contribution < 1.29 is 0 Å². The number of anilines is 1. The molecule has 1 aliphatic rings. The molecule has 3 rings (SSSR count). The number of fused-ring (bicyclic) bond motifs is 1. The molecular formula is C17H21BrN2S. The fourth-order valence-electron chi connectivity index (χ4n) is 2.89. The Morgan fingerprint density at radius 3 is 2.76 bits per heavy atom. The van der Waals surface area contributed by atoms with E-state index >= 15 is 0 Å². The average molecular weight is 365 g/mol. The van der Waals surface area contributed by atoms with E-state index in [2.05, 4.69) is 70.6 Å². The van der Waals surface area contributed by atoms with Crippen LogP contribution in [0.2, 0.25) is 0 Å². The molecule has 1 aromatic carbocycles. The number of hydrogen-bond donors (Lipinski definition) is 1. The Kier molecular flexibility index (Phi) is 4.67. The van der Waals surface area contributed by atoms with Gasteiger partial charge in [-0.1, -0.05) is 12.1 Å². The minimum Gasteiger partial charge on any atom is -0.378 e. The highest BCUT2D eigenvalue weighted by molar-refractivity contribution is 9.11. The molecule has 0 aliphatic heterocycles. The van der Waals surface area contributed by atoms with Crippen LogP contribution in [-0.4, -0.2) is 14.1 Å². The van der Waals surface area contributed by atoms with E-state index in [-0.39, 0.29) is 0 Å². The largest absolute Gasteiger partial charge is 0.378 e. The number of benzene rings is 1. The highest BCUT2D eigenvalue weighted by Crippen LogP contribution is 2.38. The van der Waals surface area contributed by atoms with Crippen LogP contribution in [0.15, 0.2) is 34.1 Å². The molecule has 2 nitrogen and oxygen atoms in total. The Morgan fingerprint density at radius 1 is 1.29 bits per heavy atom. The van der Waals surface area contributed by atoms with Crippen LogP contribution in [0.5, 0.6) is 0 Å². The second-order valence-electron chi connectivity index (χ2n) is 5.82. The van der Waals surface area contributed by atoms with Crippen molar-refractivity contribution in [1.82, 2.24) is 5.32 Å². The average Bonchev–Trinajstić information content (AvgIpc) is 2.86. The zero-order chi connectivity index (χ0) is 14.8. The normalized spacial score (nSPS) is 17.6. The van der Waals surface area contributed by atoms with Gasteiger partial charge in [0, 0.05) is 37.2 Å². The summed E-state index contributed by atoms with van der Waals surface area (Å²) in [6, 6.07) is 11.6. The van der Waals surface area contributed by atoms with Gasteiger partial charge in [-0.2, -0.15) is 0 Å². The summed E-state index contributed by atoms with van der Waals surface area (Å²) in [5.41, 5.74) is 4.10. The predicted octanol–water partition coefficient (Wildman–Crippen LogP) is 4.74. The van der Waals surface area contributed by atoms with E-state index in [0.717, 1.165) is 6.54 Å². The van der Waals surface area contributed by atoms with E-state index in [9.17, 15) is 0 Å². The number of aryl methyl sites for hydroxylation is 1. The van der Waals surface area contributed by atoms with Crippen LogP contribution in [0, 0.1) is 0 Å². The second kappa shape index (κ2) is 6.51. The van der Waals surface area contributed by atoms with Crippen molar-refractivity contribution in [1.29, 1.82) is 0 Å². The molecule has 21 heavy (non-hydrogen) atoms. The maximum atomic E-state index is 3.73. The van der Waals surface area contributed by atoms with Gasteiger partial charge < -0.3 is 10.2 Å². The molecule has 112 valence electrons. The molecular weight excluding hydrogens is 344 g/mol. The van der Waals surface area contributed by atoms with E-state index in [1.54, 1.807) is 4.88 Å². The van der Waals surface area contributed by atoms with Gasteiger partial charge in [-0.15, -0.1) is 11.3 Å². The van der Waals surface area contributed by atoms with Crippen molar-refractivity contribution in [2.45, 2.75) is 31.8 Å². The summed E-state index contributed by atoms with van der Waals surface area (Å²) in [5.74, 6) is 0. The zero-order valence-electron chi connectivity index (χ0n) is 12.5. The summed E-state index contributed by atoms with van der Waals surface area (Å²) < 4.78 is 1.26. The van der Waals surface area contributed by atoms with Crippen molar-refractivity contribution in [3.63, 3.8) is 0 Å². The summed E-state index contributed by atoms with van der Waals surface area (Å²) in [6.07, 6.45) is 3.77. The first-order chi connectivity index (χ1) is 10.1. The molecule has 0 amide bonds. The van der Waals surface area contributed by atoms with E-state index in [4.69, 9.17) is 0 Å². The van der Waals surface area contributed by atoms with Gasteiger partial charge in [0.15, 0.2) is 0 Å². The number of halogens is 1. The number of rotatable bonds is 4. The van der Waals surface area contributed by atoms with Crippen LogP contribution in [0.25, 0.3) is 0 Å². The van der Waals surface area contributed by atoms with Crippen LogP contribution < -0.4 is 10.2 Å². The standard InChI is InChI=1S/C17H21BrN2S/c1-20(2)13-8-6-12(7-9-13)11-19-15-4-3-5-16-14(15)10-17(18)21-16/h6-10,15,19H,3-5,11H2,1-2H3. The summed E-state index contributed by atoms with van der Waals surface area (Å²) in [6.45, 7) is 0.936. The predicted molar refractivity (Wildman–Crippen MR) is 95.3 cm³/mol. The summed E-state index contributed by atoms with van der Waals surface area (Å²) >= 11 is 5.52. The minimum atomic E-state index is 0.504. The Balaban J connectivity index is 1.65. The molecule has 1 aliphatic carbocycles. The first kappa shape index (κ1) is 15.1. The first-order valence-corrected chi connectivity index (χ1v) is 9.02. The topological polar surface area (TPSA) is 15.3 Å². The monoisotopic (exact) mass is 364 g/mol. The van der Waals surface area contributed by atoms with Gasteiger partial charge in [-0.05, 0) is 64.5 Å². The molecule has 2 aromatic rings. The van der Waals surface area contributed by atoms with Crippen molar-refractivity contribution in [3.8, 4) is 0 Å². The molecule has 0 spiro atoms. The molecule has 0 bridgehead atoms. The summed E-state index contributed by atoms with van der Waals surface area (Å²) in [7, 11) is 4.15. The third-order valence-electron chi connectivity index (χ3n) is 4.09. The maximum Gasteiger partial charge on any atom is 0.0704 e. The van der Waals surface area contributed by atoms with Crippen molar-refractivity contribution in [3.05, 3.63) is 50.1 Å². The molecule has 0 saturated heterocycles. The molecule has 1 heterocycles. The molecule has 4 heteroatoms. The first-order valence-electron chi connectivity index (χ1n) is 7.41. The third-order valence-corrected chi connectivity index (χ3v) is 5.80. The molecule has 0 saturated carbocycles. The quantitative estimate of drug-likeness (QED) is 0.842. The highest BCUT2D eigenvalue weighted by atomic mass is 79.9. The molecule has 1 N–H and O–H groups in total. The van der Waals surface area contributed by atoms with Gasteiger partial charge in [-0.3, -0.25) is 0 Å². The van der Waals surface area contributed by atoms with Crippen LogP contribution in [0.1, 0.15) is 34.9 Å². The lowest BCUT2D eigenvalue weighted by Crippen LogP contribution is -2.23. The highest BCUT2D eigenvalue weighted by Gasteiger charge is 2.22. The molecule has 1 atom stereocenters. The molecule has 1 aromatic heterocycles. The van der Waals surface area contributed by atoms with E-state index < -0.39 is 0 Å². The smallest absolute Gasteiger partial charge is 0.0704 e. The zero-order valence-corrected chi connectivity index (χ0v) is 14.9. The summed E-state index contributed by atoms with van der Waals surface area (Å²) in [4.78, 5) is 3.68. The number of hydrogen-bond acceptors (Lipinski definition) is 3. The fraction of sp³-hybridized carbons (Fsp3) is 0.412. The Hall–Kier alpha value is -0.840. The lowest BCUT2D eigenvalue weighted by Gasteiger charge is -2.24. The maximum absolute atomic E-state index is 3.73. The minimum absolute atomic E-state index is 0.504. The van der Waals surface area contributed by atoms with E-state index in [0.29, 0.717) is 6.04 Å². The van der Waals surface area contributed by atoms with Crippen LogP contribution in [-0.2, 0) is 13.0 Å². The lowest BCUT2D eigenvalue weighted by molar-refractivity contribution is 0.463. The second-order valence-corrected chi connectivity index (χ2v) is 8.33. The Labute approximate surface area is 139 Å². The molecule has 0 radical (unpaired) electrons. The number of thiophene rings is 1. The van der Waals surface area contributed by atoms with E-state index in [1.165, 1.54) is 39.9 Å². The van der Waals surface area contributed by atoms with E-state index in [1.807, 2.05) is 11.3 Å². The number of nitrogens with zero attached hydrogens (tertiary/aromatic N) is 1. The van der Waals surface area contributed by atoms with Crippen LogP contribution in [0.3, 0.4) is 0 Å². The van der Waals surface area contributed by atoms with Crippen LogP contribution in [0.4, 0.5) is 5.69 Å². The van der Waals surface area contributed by atoms with Crippen molar-refractivity contribution in [2.75, 3.05) is 19.0 Å². The fourth-order valence-corrected chi connectivity index (χ4v) is 4.71. The van der Waals surface area contributed by atoms with Gasteiger partial charge in [-0.25, -0.2) is 0 Å². The molecule has 0 fully saturated rings. The lowest BCUT2D eigenvalue weighted by atomic mass is 9.94. The van der Waals surface area contributed by atoms with Gasteiger partial charge in [0.1, 0.15) is 0 Å². The van der Waals surface area contributed by atoms with Gasteiger partial charge >= 0.3 is 0 Å². The Bertz CT molecular complexity index is 604. The van der Waals surface area contributed by atoms with Gasteiger partial charge in [0.05, 0.1) is 3.79 Å².